The highest BCUT2D eigenvalue weighted by Crippen LogP contribution is 2.30. The van der Waals surface area contributed by atoms with Crippen LogP contribution in [0.15, 0.2) is 18.2 Å². The molecule has 0 radical (unpaired) electrons. The molecule has 1 aliphatic carbocycles. The van der Waals surface area contributed by atoms with Crippen LogP contribution in [0.2, 0.25) is 0 Å². The van der Waals surface area contributed by atoms with E-state index in [4.69, 9.17) is 5.73 Å². The third-order valence-corrected chi connectivity index (χ3v) is 6.20. The minimum absolute atomic E-state index is 0.108. The summed E-state index contributed by atoms with van der Waals surface area (Å²) in [6.45, 7) is 1.07. The van der Waals surface area contributed by atoms with Gasteiger partial charge in [0.15, 0.2) is 0 Å². The Balaban J connectivity index is 1.50. The number of carbonyl (C=O) groups excluding carboxylic acids is 4. The average Bonchev–Trinajstić information content (AvgIpc) is 2.94. The predicted octanol–water partition coefficient (Wildman–Crippen LogP) is 0.839. The van der Waals surface area contributed by atoms with Gasteiger partial charge in [-0.05, 0) is 30.9 Å². The lowest BCUT2D eigenvalue weighted by Crippen LogP contribution is -2.54. The Hall–Kier alpha value is -2.58. The Bertz CT molecular complexity index is 875. The molecule has 0 spiro atoms. The van der Waals surface area contributed by atoms with Gasteiger partial charge < -0.3 is 11.1 Å². The van der Waals surface area contributed by atoms with Gasteiger partial charge in [-0.3, -0.25) is 29.4 Å². The lowest BCUT2D eigenvalue weighted by atomic mass is 9.82. The molecule has 2 heterocycles. The number of nitrogens with two attached hydrogens (primary N) is 1. The van der Waals surface area contributed by atoms with Gasteiger partial charge in [0.05, 0.1) is 11.1 Å². The lowest BCUT2D eigenvalue weighted by molar-refractivity contribution is -0.136. The van der Waals surface area contributed by atoms with Crippen molar-refractivity contribution in [2.24, 2.45) is 5.73 Å². The highest BCUT2D eigenvalue weighted by Gasteiger charge is 2.45. The number of imide groups is 2. The van der Waals surface area contributed by atoms with Crippen molar-refractivity contribution < 1.29 is 19.2 Å². The lowest BCUT2D eigenvalue weighted by Gasteiger charge is -2.33. The number of rotatable bonds is 5. The third-order valence-electron chi connectivity index (χ3n) is 6.20. The van der Waals surface area contributed by atoms with Crippen LogP contribution in [0.25, 0.3) is 0 Å². The SMILES string of the molecule is NC1(CNCc2cccc3c2C(=O)N(C2CCC(=O)NC2=O)C3=O)CCCCC1. The number of fused-ring (bicyclic) bond motifs is 1. The first-order valence-electron chi connectivity index (χ1n) is 10.2. The van der Waals surface area contributed by atoms with Crippen LogP contribution in [-0.2, 0) is 16.1 Å². The van der Waals surface area contributed by atoms with E-state index >= 15 is 0 Å². The molecule has 1 saturated heterocycles. The fourth-order valence-corrected chi connectivity index (χ4v) is 4.61. The second kappa shape index (κ2) is 7.68. The topological polar surface area (TPSA) is 122 Å². The number of piperidine rings is 1. The van der Waals surface area contributed by atoms with Crippen LogP contribution in [-0.4, -0.2) is 46.7 Å². The maximum Gasteiger partial charge on any atom is 0.262 e. The van der Waals surface area contributed by atoms with Crippen molar-refractivity contribution in [2.45, 2.75) is 63.1 Å². The van der Waals surface area contributed by atoms with Crippen LogP contribution < -0.4 is 16.4 Å². The van der Waals surface area contributed by atoms with Crippen molar-refractivity contribution in [3.63, 3.8) is 0 Å². The van der Waals surface area contributed by atoms with E-state index in [-0.39, 0.29) is 24.3 Å². The van der Waals surface area contributed by atoms with Crippen molar-refractivity contribution in [3.8, 4) is 0 Å². The van der Waals surface area contributed by atoms with E-state index in [1.54, 1.807) is 12.1 Å². The normalized spacial score (nSPS) is 23.9. The van der Waals surface area contributed by atoms with Gasteiger partial charge in [-0.15, -0.1) is 0 Å². The van der Waals surface area contributed by atoms with Crippen molar-refractivity contribution >= 4 is 23.6 Å². The first-order chi connectivity index (χ1) is 13.9. The Kier molecular flexibility index (Phi) is 5.23. The molecule has 4 amide bonds. The molecule has 2 aliphatic heterocycles. The molecule has 0 bridgehead atoms. The van der Waals surface area contributed by atoms with E-state index in [9.17, 15) is 19.2 Å². The van der Waals surface area contributed by atoms with Gasteiger partial charge in [-0.1, -0.05) is 31.4 Å². The largest absolute Gasteiger partial charge is 0.324 e. The summed E-state index contributed by atoms with van der Waals surface area (Å²) in [6.07, 6.45) is 5.70. The van der Waals surface area contributed by atoms with Crippen LogP contribution >= 0.6 is 0 Å². The molecule has 8 nitrogen and oxygen atoms in total. The third kappa shape index (κ3) is 3.70. The Labute approximate surface area is 169 Å². The molecule has 1 unspecified atom stereocenters. The molecular weight excluding hydrogens is 372 g/mol. The summed E-state index contributed by atoms with van der Waals surface area (Å²) < 4.78 is 0. The van der Waals surface area contributed by atoms with E-state index < -0.39 is 23.8 Å². The molecule has 2 fully saturated rings. The van der Waals surface area contributed by atoms with Crippen LogP contribution in [0, 0.1) is 0 Å². The zero-order chi connectivity index (χ0) is 20.6. The van der Waals surface area contributed by atoms with Crippen LogP contribution in [0.5, 0.6) is 0 Å². The number of carbonyl (C=O) groups is 4. The number of hydrogen-bond acceptors (Lipinski definition) is 6. The first kappa shape index (κ1) is 19.7. The molecule has 0 aromatic heterocycles. The predicted molar refractivity (Wildman–Crippen MR) is 105 cm³/mol. The number of nitrogens with zero attached hydrogens (tertiary/aromatic N) is 1. The quantitative estimate of drug-likeness (QED) is 0.632. The average molecular weight is 398 g/mol. The maximum atomic E-state index is 13.1. The van der Waals surface area contributed by atoms with Gasteiger partial charge in [0.25, 0.3) is 11.8 Å². The van der Waals surface area contributed by atoms with Gasteiger partial charge in [-0.25, -0.2) is 0 Å². The van der Waals surface area contributed by atoms with Crippen molar-refractivity contribution in [1.82, 2.24) is 15.5 Å². The zero-order valence-electron chi connectivity index (χ0n) is 16.3. The molecule has 29 heavy (non-hydrogen) atoms. The summed E-state index contributed by atoms with van der Waals surface area (Å²) in [5, 5.41) is 5.57. The molecular formula is C21H26N4O4. The van der Waals surface area contributed by atoms with E-state index in [0.717, 1.165) is 36.1 Å². The van der Waals surface area contributed by atoms with Crippen LogP contribution in [0.1, 0.15) is 71.2 Å². The zero-order valence-corrected chi connectivity index (χ0v) is 16.3. The smallest absolute Gasteiger partial charge is 0.262 e. The Morgan fingerprint density at radius 2 is 1.86 bits per heavy atom. The molecule has 1 saturated carbocycles. The highest BCUT2D eigenvalue weighted by atomic mass is 16.2. The fraction of sp³-hybridized carbons (Fsp3) is 0.524. The molecule has 1 atom stereocenters. The summed E-state index contributed by atoms with van der Waals surface area (Å²) in [5.41, 5.74) is 7.60. The molecule has 1 aromatic rings. The fourth-order valence-electron chi connectivity index (χ4n) is 4.61. The minimum atomic E-state index is -0.949. The molecule has 1 aromatic carbocycles. The molecule has 3 aliphatic rings. The molecule has 4 rings (SSSR count). The van der Waals surface area contributed by atoms with Gasteiger partial charge in [-0.2, -0.15) is 0 Å². The van der Waals surface area contributed by atoms with E-state index in [0.29, 0.717) is 24.2 Å². The highest BCUT2D eigenvalue weighted by molar-refractivity contribution is 6.24. The monoisotopic (exact) mass is 398 g/mol. The standard InChI is InChI=1S/C21H26N4O4/c22-21(9-2-1-3-10-21)12-23-11-13-5-4-6-14-17(13)20(29)25(19(14)28)15-7-8-16(26)24-18(15)27/h4-6,15,23H,1-3,7-12,22H2,(H,24,26,27). The van der Waals surface area contributed by atoms with Crippen LogP contribution in [0.4, 0.5) is 0 Å². The van der Waals surface area contributed by atoms with Gasteiger partial charge in [0.1, 0.15) is 6.04 Å². The Morgan fingerprint density at radius 1 is 1.10 bits per heavy atom. The van der Waals surface area contributed by atoms with E-state index in [1.807, 2.05) is 6.07 Å². The number of nitrogens with one attached hydrogen (secondary N) is 2. The second-order valence-corrected chi connectivity index (χ2v) is 8.31. The van der Waals surface area contributed by atoms with Crippen molar-refractivity contribution in [2.75, 3.05) is 6.54 Å². The maximum absolute atomic E-state index is 13.1. The number of hydrogen-bond donors (Lipinski definition) is 3. The summed E-state index contributed by atoms with van der Waals surface area (Å²) in [7, 11) is 0. The van der Waals surface area contributed by atoms with Crippen molar-refractivity contribution in [3.05, 3.63) is 34.9 Å². The van der Waals surface area contributed by atoms with Gasteiger partial charge in [0.2, 0.25) is 11.8 Å². The summed E-state index contributed by atoms with van der Waals surface area (Å²) in [6, 6.07) is 4.22. The first-order valence-corrected chi connectivity index (χ1v) is 10.2. The molecule has 154 valence electrons. The van der Waals surface area contributed by atoms with Gasteiger partial charge in [0, 0.05) is 25.0 Å². The van der Waals surface area contributed by atoms with Crippen molar-refractivity contribution in [1.29, 1.82) is 0 Å². The van der Waals surface area contributed by atoms with E-state index in [1.165, 1.54) is 6.42 Å². The summed E-state index contributed by atoms with van der Waals surface area (Å²) in [4.78, 5) is 50.5. The Morgan fingerprint density at radius 3 is 2.59 bits per heavy atom. The minimum Gasteiger partial charge on any atom is -0.324 e. The number of benzene rings is 1. The summed E-state index contributed by atoms with van der Waals surface area (Å²) in [5.74, 6) is -1.94. The molecule has 4 N–H and O–H groups in total. The molecule has 8 heteroatoms. The second-order valence-electron chi connectivity index (χ2n) is 8.31. The summed E-state index contributed by atoms with van der Waals surface area (Å²) >= 11 is 0. The van der Waals surface area contributed by atoms with Crippen LogP contribution in [0.3, 0.4) is 0 Å². The van der Waals surface area contributed by atoms with Gasteiger partial charge >= 0.3 is 0 Å². The number of amides is 4. The van der Waals surface area contributed by atoms with E-state index in [2.05, 4.69) is 10.6 Å².